The van der Waals surface area contributed by atoms with Gasteiger partial charge in [0, 0.05) is 12.8 Å². The first-order valence-electron chi connectivity index (χ1n) is 18.7. The maximum Gasteiger partial charge on any atom is 0.473 e. The van der Waals surface area contributed by atoms with Gasteiger partial charge >= 0.3 is 7.82 Å². The number of rotatable bonds is 34. The second kappa shape index (κ2) is 27.2. The van der Waals surface area contributed by atoms with Crippen molar-refractivity contribution >= 4 is 19.4 Å². The molecule has 0 aromatic carbocycles. The number of quaternary nitrogens is 1. The molecule has 0 aliphatic rings. The van der Waals surface area contributed by atoms with Crippen molar-refractivity contribution < 1.29 is 42.8 Å². The number of hydrogen-bond acceptors (Lipinski definition) is 7. The van der Waals surface area contributed by atoms with Gasteiger partial charge in [-0.25, -0.2) is 4.57 Å². The minimum atomic E-state index is -4.93. The van der Waals surface area contributed by atoms with Gasteiger partial charge in [0.05, 0.1) is 27.7 Å². The summed E-state index contributed by atoms with van der Waals surface area (Å²) >= 11 is 0. The van der Waals surface area contributed by atoms with Gasteiger partial charge in [-0.15, -0.1) is 0 Å². The molecule has 0 rings (SSSR count). The number of nitrogens with zero attached hydrogens (tertiary/aromatic N) is 1. The Morgan fingerprint density at radius 1 is 0.652 bits per heavy atom. The van der Waals surface area contributed by atoms with E-state index in [1.165, 1.54) is 77.0 Å². The van der Waals surface area contributed by atoms with Crippen LogP contribution in [0.4, 0.5) is 0 Å². The Labute approximate surface area is 282 Å². The fourth-order valence-corrected chi connectivity index (χ4v) is 6.78. The summed E-state index contributed by atoms with van der Waals surface area (Å²) in [7, 11) is 0.735. The molecule has 0 heterocycles. The second-order valence-electron chi connectivity index (χ2n) is 14.3. The first-order valence-corrected chi connectivity index (χ1v) is 20.2. The fraction of sp³-hybridized carbons (Fsp3) is 0.944. The number of Topliss-reactive ketones (excluding diaryl/α,β-unsaturated/α-hetero) is 2. The number of aliphatic hydroxyl groups is 2. The average molecular weight is 679 g/mol. The summed E-state index contributed by atoms with van der Waals surface area (Å²) in [6.07, 6.45) is 21.7. The molecule has 0 saturated heterocycles. The molecule has 1 unspecified atom stereocenters. The highest BCUT2D eigenvalue weighted by atomic mass is 31.2. The van der Waals surface area contributed by atoms with E-state index < -0.39 is 37.7 Å². The average Bonchev–Trinajstić information content (AvgIpc) is 2.99. The Kier molecular flexibility index (Phi) is 26.8. The van der Waals surface area contributed by atoms with Gasteiger partial charge in [-0.3, -0.25) is 18.6 Å². The van der Waals surface area contributed by atoms with Crippen LogP contribution in [0.25, 0.3) is 0 Å². The third kappa shape index (κ3) is 22.1. The number of carbonyl (C=O) groups excluding carboxylic acids is 2. The lowest BCUT2D eigenvalue weighted by atomic mass is 9.82. The Bertz CT molecular complexity index is 778. The van der Waals surface area contributed by atoms with Crippen molar-refractivity contribution in [1.29, 1.82) is 0 Å². The molecule has 0 aliphatic heterocycles. The number of phosphoric ester groups is 1. The van der Waals surface area contributed by atoms with Crippen molar-refractivity contribution in [2.75, 3.05) is 40.9 Å². The third-order valence-electron chi connectivity index (χ3n) is 8.76. The Morgan fingerprint density at radius 2 is 0.978 bits per heavy atom. The number of hydrogen-bond donors (Lipinski definition) is 3. The van der Waals surface area contributed by atoms with Crippen LogP contribution in [0.2, 0.25) is 0 Å². The first-order chi connectivity index (χ1) is 21.9. The predicted octanol–water partition coefficient (Wildman–Crippen LogP) is 8.46. The molecule has 9 nitrogen and oxygen atoms in total. The smallest absolute Gasteiger partial charge is 0.394 e. The number of ketones is 2. The van der Waals surface area contributed by atoms with E-state index in [-0.39, 0.29) is 19.4 Å². The molecule has 0 aromatic heterocycles. The summed E-state index contributed by atoms with van der Waals surface area (Å²) in [5, 5.41) is 20.8. The molecule has 0 aliphatic carbocycles. The van der Waals surface area contributed by atoms with Crippen molar-refractivity contribution in [3.8, 4) is 0 Å². The molecule has 46 heavy (non-hydrogen) atoms. The third-order valence-corrected chi connectivity index (χ3v) is 9.79. The van der Waals surface area contributed by atoms with Crippen molar-refractivity contribution in [1.82, 2.24) is 0 Å². The summed E-state index contributed by atoms with van der Waals surface area (Å²) in [5.74, 6) is -1.55. The molecule has 0 aromatic rings. The van der Waals surface area contributed by atoms with Gasteiger partial charge in [0.25, 0.3) is 0 Å². The van der Waals surface area contributed by atoms with Crippen LogP contribution in [-0.4, -0.2) is 83.8 Å². The number of aliphatic hydroxyl groups excluding tert-OH is 2. The Hall–Kier alpha value is -0.670. The first kappa shape index (κ1) is 45.3. The zero-order valence-corrected chi connectivity index (χ0v) is 31.3. The number of likely N-dealkylation sites (N-methyl/N-ethyl adjacent to an activating group) is 1. The molecule has 0 fully saturated rings. The summed E-state index contributed by atoms with van der Waals surface area (Å²) in [6, 6.07) is 0. The second-order valence-corrected chi connectivity index (χ2v) is 15.6. The molecular weight excluding hydrogens is 605 g/mol. The lowest BCUT2D eigenvalue weighted by molar-refractivity contribution is -0.870. The van der Waals surface area contributed by atoms with Gasteiger partial charge in [-0.05, 0) is 12.8 Å². The van der Waals surface area contributed by atoms with Gasteiger partial charge < -0.3 is 19.6 Å². The summed E-state index contributed by atoms with van der Waals surface area (Å²) in [5.41, 5.74) is -2.65. The molecule has 0 amide bonds. The van der Waals surface area contributed by atoms with Gasteiger partial charge in [-0.2, -0.15) is 0 Å². The maximum atomic E-state index is 13.7. The van der Waals surface area contributed by atoms with Gasteiger partial charge in [0.15, 0.2) is 11.6 Å². The van der Waals surface area contributed by atoms with E-state index in [4.69, 9.17) is 9.05 Å². The normalized spacial score (nSPS) is 14.3. The molecule has 2 atom stereocenters. The maximum absolute atomic E-state index is 13.7. The van der Waals surface area contributed by atoms with Crippen LogP contribution in [0.15, 0.2) is 0 Å². The number of carbonyl (C=O) groups is 2. The molecule has 0 radical (unpaired) electrons. The van der Waals surface area contributed by atoms with E-state index in [0.717, 1.165) is 51.4 Å². The van der Waals surface area contributed by atoms with E-state index in [1.807, 2.05) is 21.1 Å². The van der Waals surface area contributed by atoms with Crippen LogP contribution in [0.3, 0.4) is 0 Å². The van der Waals surface area contributed by atoms with Crippen LogP contribution in [0.1, 0.15) is 168 Å². The van der Waals surface area contributed by atoms with E-state index in [0.29, 0.717) is 23.9 Å². The standard InChI is InChI=1S/C36H72NO8P/c1-6-8-10-12-14-16-18-20-22-24-26-28-33(39)36(35(41)32-38,45-46(42,43)44-31-30-37(3,4)5)34(40)29-27-25-23-21-19-17-15-13-11-9-7-2/h35,38,41H,6-32H2,1-5H3/p+1/t35-/m0/s1. The highest BCUT2D eigenvalue weighted by Gasteiger charge is 2.55. The molecule has 0 bridgehead atoms. The molecule has 10 heteroatoms. The number of unbranched alkanes of at least 4 members (excludes halogenated alkanes) is 20. The largest absolute Gasteiger partial charge is 0.473 e. The lowest BCUT2D eigenvalue weighted by Gasteiger charge is -2.35. The fourth-order valence-electron chi connectivity index (χ4n) is 5.73. The van der Waals surface area contributed by atoms with Crippen molar-refractivity contribution in [3.63, 3.8) is 0 Å². The van der Waals surface area contributed by atoms with Crippen molar-refractivity contribution in [2.45, 2.75) is 180 Å². The Morgan fingerprint density at radius 3 is 1.28 bits per heavy atom. The monoisotopic (exact) mass is 679 g/mol. The highest BCUT2D eigenvalue weighted by Crippen LogP contribution is 2.49. The van der Waals surface area contributed by atoms with Crippen molar-refractivity contribution in [2.24, 2.45) is 0 Å². The predicted molar refractivity (Wildman–Crippen MR) is 188 cm³/mol. The van der Waals surface area contributed by atoms with E-state index >= 15 is 0 Å². The summed E-state index contributed by atoms with van der Waals surface area (Å²) < 4.78 is 24.1. The van der Waals surface area contributed by atoms with Gasteiger partial charge in [0.1, 0.15) is 19.3 Å². The molecule has 274 valence electrons. The zero-order valence-electron chi connectivity index (χ0n) is 30.4. The molecule has 3 N–H and O–H groups in total. The minimum absolute atomic E-state index is 0.100. The molecular formula is C36H73NO8P+. The molecule has 0 saturated carbocycles. The lowest BCUT2D eigenvalue weighted by Crippen LogP contribution is -2.58. The number of phosphoric acid groups is 1. The summed E-state index contributed by atoms with van der Waals surface area (Å²) in [6.45, 7) is 3.69. The van der Waals surface area contributed by atoms with Gasteiger partial charge in [0.2, 0.25) is 5.60 Å². The van der Waals surface area contributed by atoms with Crippen LogP contribution < -0.4 is 0 Å². The zero-order chi connectivity index (χ0) is 34.7. The van der Waals surface area contributed by atoms with Crippen molar-refractivity contribution in [3.05, 3.63) is 0 Å². The summed E-state index contributed by atoms with van der Waals surface area (Å²) in [4.78, 5) is 38.0. The SMILES string of the molecule is CCCCCCCCCCCCCC(=O)C(OP(=O)(O)OCC[N+](C)(C)C)(C(=O)CCCCCCCCCCCCC)[C@@H](O)CO. The highest BCUT2D eigenvalue weighted by molar-refractivity contribution is 7.47. The van der Waals surface area contributed by atoms with Crippen LogP contribution >= 0.6 is 7.82 Å². The quantitative estimate of drug-likeness (QED) is 0.0268. The Balaban J connectivity index is 5.21. The van der Waals surface area contributed by atoms with Crippen LogP contribution in [0, 0.1) is 0 Å². The van der Waals surface area contributed by atoms with E-state index in [9.17, 15) is 29.3 Å². The van der Waals surface area contributed by atoms with Crippen LogP contribution in [-0.2, 0) is 23.2 Å². The van der Waals surface area contributed by atoms with Gasteiger partial charge in [-0.1, -0.05) is 142 Å². The minimum Gasteiger partial charge on any atom is -0.394 e. The van der Waals surface area contributed by atoms with E-state index in [1.54, 1.807) is 0 Å². The van der Waals surface area contributed by atoms with E-state index in [2.05, 4.69) is 13.8 Å². The molecule has 0 spiro atoms. The van der Waals surface area contributed by atoms with Crippen LogP contribution in [0.5, 0.6) is 0 Å². The topological polar surface area (TPSA) is 130 Å².